The van der Waals surface area contributed by atoms with E-state index in [2.05, 4.69) is 10.6 Å². The van der Waals surface area contributed by atoms with Gasteiger partial charge in [-0.25, -0.2) is 0 Å². The van der Waals surface area contributed by atoms with Gasteiger partial charge in [0, 0.05) is 36.2 Å². The second kappa shape index (κ2) is 7.47. The zero-order valence-electron chi connectivity index (χ0n) is 15.1. The van der Waals surface area contributed by atoms with Crippen molar-refractivity contribution in [3.8, 4) is 11.5 Å². The van der Waals surface area contributed by atoms with Crippen LogP contribution >= 0.6 is 0 Å². The number of fused-ring (bicyclic) bond motifs is 1. The predicted molar refractivity (Wildman–Crippen MR) is 100 cm³/mol. The van der Waals surface area contributed by atoms with Gasteiger partial charge in [0.25, 0.3) is 5.91 Å². The molecule has 1 aliphatic rings. The number of anilines is 2. The Labute approximate surface area is 152 Å². The Morgan fingerprint density at radius 3 is 2.77 bits per heavy atom. The molecule has 6 nitrogen and oxygen atoms in total. The average Bonchev–Trinajstić information content (AvgIpc) is 2.94. The van der Waals surface area contributed by atoms with Gasteiger partial charge in [0.15, 0.2) is 0 Å². The second-order valence-corrected chi connectivity index (χ2v) is 6.24. The number of rotatable bonds is 5. The van der Waals surface area contributed by atoms with E-state index >= 15 is 0 Å². The molecule has 2 aromatic rings. The van der Waals surface area contributed by atoms with Crippen LogP contribution in [-0.2, 0) is 11.2 Å². The number of carbonyl (C=O) groups excluding carboxylic acids is 2. The number of nitrogens with one attached hydrogen (secondary N) is 2. The molecule has 1 heterocycles. The summed E-state index contributed by atoms with van der Waals surface area (Å²) in [6.45, 7) is 5.82. The summed E-state index contributed by atoms with van der Waals surface area (Å²) in [5, 5.41) is 5.55. The summed E-state index contributed by atoms with van der Waals surface area (Å²) in [6, 6.07) is 10.5. The molecule has 0 bridgehead atoms. The molecule has 1 atom stereocenters. The Kier molecular flexibility index (Phi) is 5.11. The van der Waals surface area contributed by atoms with Crippen molar-refractivity contribution >= 4 is 23.2 Å². The Morgan fingerprint density at radius 1 is 1.23 bits per heavy atom. The molecule has 0 aromatic heterocycles. The van der Waals surface area contributed by atoms with Crippen molar-refractivity contribution < 1.29 is 19.1 Å². The standard InChI is InChI=1S/C20H22N2O4/c1-4-25-19-10-15-8-12(2)26-18(15)11-17(19)22-20(24)14-6-5-7-16(9-14)21-13(3)23/h5-7,9-12H,4,8H2,1-3H3,(H,21,23)(H,22,24). The van der Waals surface area contributed by atoms with Gasteiger partial charge in [-0.15, -0.1) is 0 Å². The van der Waals surface area contributed by atoms with Crippen LogP contribution in [0, 0.1) is 0 Å². The second-order valence-electron chi connectivity index (χ2n) is 6.24. The van der Waals surface area contributed by atoms with E-state index in [0.717, 1.165) is 17.7 Å². The first-order chi connectivity index (χ1) is 12.5. The van der Waals surface area contributed by atoms with Gasteiger partial charge in [-0.1, -0.05) is 6.07 Å². The summed E-state index contributed by atoms with van der Waals surface area (Å²) in [5.74, 6) is 0.911. The van der Waals surface area contributed by atoms with Gasteiger partial charge in [-0.05, 0) is 38.1 Å². The maximum atomic E-state index is 12.7. The van der Waals surface area contributed by atoms with Gasteiger partial charge in [0.1, 0.15) is 17.6 Å². The Bertz CT molecular complexity index is 848. The van der Waals surface area contributed by atoms with Gasteiger partial charge < -0.3 is 20.1 Å². The Balaban J connectivity index is 1.85. The minimum Gasteiger partial charge on any atom is -0.492 e. The monoisotopic (exact) mass is 354 g/mol. The normalized spacial score (nSPS) is 15.0. The molecule has 2 amide bonds. The third kappa shape index (κ3) is 3.96. The molecule has 0 aliphatic carbocycles. The van der Waals surface area contributed by atoms with Crippen molar-refractivity contribution in [2.75, 3.05) is 17.2 Å². The SMILES string of the molecule is CCOc1cc2c(cc1NC(=O)c1cccc(NC(C)=O)c1)OC(C)C2. The topological polar surface area (TPSA) is 76.7 Å². The zero-order valence-corrected chi connectivity index (χ0v) is 15.1. The molecular weight excluding hydrogens is 332 g/mol. The summed E-state index contributed by atoms with van der Waals surface area (Å²) in [7, 11) is 0. The molecule has 0 radical (unpaired) electrons. The molecule has 1 aliphatic heterocycles. The number of benzene rings is 2. The summed E-state index contributed by atoms with van der Waals surface area (Å²) in [4.78, 5) is 23.8. The van der Waals surface area contributed by atoms with Crippen molar-refractivity contribution in [2.45, 2.75) is 33.3 Å². The number of ether oxygens (including phenoxy) is 2. The first-order valence-electron chi connectivity index (χ1n) is 8.61. The zero-order chi connectivity index (χ0) is 18.7. The smallest absolute Gasteiger partial charge is 0.255 e. The summed E-state index contributed by atoms with van der Waals surface area (Å²) < 4.78 is 11.5. The third-order valence-electron chi connectivity index (χ3n) is 3.99. The van der Waals surface area contributed by atoms with E-state index in [0.29, 0.717) is 29.3 Å². The molecule has 26 heavy (non-hydrogen) atoms. The van der Waals surface area contributed by atoms with Crippen LogP contribution in [0.4, 0.5) is 11.4 Å². The van der Waals surface area contributed by atoms with Gasteiger partial charge in [-0.2, -0.15) is 0 Å². The largest absolute Gasteiger partial charge is 0.492 e. The summed E-state index contributed by atoms with van der Waals surface area (Å²) in [5.41, 5.74) is 2.65. The molecule has 3 rings (SSSR count). The fourth-order valence-electron chi connectivity index (χ4n) is 2.95. The van der Waals surface area contributed by atoms with Crippen LogP contribution in [0.2, 0.25) is 0 Å². The van der Waals surface area contributed by atoms with E-state index in [1.54, 1.807) is 30.3 Å². The molecule has 2 aromatic carbocycles. The van der Waals surface area contributed by atoms with Crippen molar-refractivity contribution in [3.63, 3.8) is 0 Å². The molecule has 0 saturated carbocycles. The highest BCUT2D eigenvalue weighted by molar-refractivity contribution is 6.06. The Hall–Kier alpha value is -3.02. The average molecular weight is 354 g/mol. The van der Waals surface area contributed by atoms with Crippen LogP contribution in [-0.4, -0.2) is 24.5 Å². The van der Waals surface area contributed by atoms with E-state index in [1.807, 2.05) is 19.9 Å². The fraction of sp³-hybridized carbons (Fsp3) is 0.300. The number of carbonyl (C=O) groups is 2. The van der Waals surface area contributed by atoms with Crippen LogP contribution in [0.15, 0.2) is 36.4 Å². The van der Waals surface area contributed by atoms with Crippen molar-refractivity contribution in [3.05, 3.63) is 47.5 Å². The maximum Gasteiger partial charge on any atom is 0.255 e. The van der Waals surface area contributed by atoms with Crippen molar-refractivity contribution in [1.82, 2.24) is 0 Å². The first-order valence-corrected chi connectivity index (χ1v) is 8.61. The highest BCUT2D eigenvalue weighted by Gasteiger charge is 2.22. The van der Waals surface area contributed by atoms with Crippen LogP contribution in [0.3, 0.4) is 0 Å². The highest BCUT2D eigenvalue weighted by atomic mass is 16.5. The number of amides is 2. The molecule has 6 heteroatoms. The van der Waals surface area contributed by atoms with E-state index < -0.39 is 0 Å². The van der Waals surface area contributed by atoms with Crippen LogP contribution < -0.4 is 20.1 Å². The van der Waals surface area contributed by atoms with Crippen LogP contribution in [0.5, 0.6) is 11.5 Å². The molecule has 2 N–H and O–H groups in total. The first kappa shape index (κ1) is 17.8. The molecule has 0 spiro atoms. The fourth-order valence-corrected chi connectivity index (χ4v) is 2.95. The highest BCUT2D eigenvalue weighted by Crippen LogP contribution is 2.38. The minimum absolute atomic E-state index is 0.111. The lowest BCUT2D eigenvalue weighted by atomic mass is 10.1. The van der Waals surface area contributed by atoms with E-state index in [1.165, 1.54) is 6.92 Å². The lowest BCUT2D eigenvalue weighted by Crippen LogP contribution is -2.14. The maximum absolute atomic E-state index is 12.7. The van der Waals surface area contributed by atoms with E-state index in [-0.39, 0.29) is 17.9 Å². The molecule has 0 fully saturated rings. The molecule has 1 unspecified atom stereocenters. The summed E-state index contributed by atoms with van der Waals surface area (Å²) >= 11 is 0. The van der Waals surface area contributed by atoms with Gasteiger partial charge in [0.05, 0.1) is 12.3 Å². The van der Waals surface area contributed by atoms with Crippen LogP contribution in [0.25, 0.3) is 0 Å². The van der Waals surface area contributed by atoms with E-state index in [4.69, 9.17) is 9.47 Å². The van der Waals surface area contributed by atoms with Crippen LogP contribution in [0.1, 0.15) is 36.7 Å². The van der Waals surface area contributed by atoms with Gasteiger partial charge in [-0.3, -0.25) is 9.59 Å². The summed E-state index contributed by atoms with van der Waals surface area (Å²) in [6.07, 6.45) is 0.933. The van der Waals surface area contributed by atoms with E-state index in [9.17, 15) is 9.59 Å². The van der Waals surface area contributed by atoms with Crippen molar-refractivity contribution in [1.29, 1.82) is 0 Å². The molecule has 0 saturated heterocycles. The van der Waals surface area contributed by atoms with Crippen molar-refractivity contribution in [2.24, 2.45) is 0 Å². The lowest BCUT2D eigenvalue weighted by Gasteiger charge is -2.14. The number of hydrogen-bond acceptors (Lipinski definition) is 4. The quantitative estimate of drug-likeness (QED) is 0.860. The lowest BCUT2D eigenvalue weighted by molar-refractivity contribution is -0.114. The molecule has 136 valence electrons. The third-order valence-corrected chi connectivity index (χ3v) is 3.99. The Morgan fingerprint density at radius 2 is 2.04 bits per heavy atom. The number of hydrogen-bond donors (Lipinski definition) is 2. The molecular formula is C20H22N2O4. The van der Waals surface area contributed by atoms with Gasteiger partial charge in [0.2, 0.25) is 5.91 Å². The van der Waals surface area contributed by atoms with Gasteiger partial charge >= 0.3 is 0 Å². The minimum atomic E-state index is -0.288. The predicted octanol–water partition coefficient (Wildman–Crippen LogP) is 3.62.